The molecule has 0 bridgehead atoms. The highest BCUT2D eigenvalue weighted by molar-refractivity contribution is 5.79. The molecule has 1 saturated heterocycles. The van der Waals surface area contributed by atoms with Gasteiger partial charge in [-0.15, -0.1) is 0 Å². The number of hydrogen-bond acceptors (Lipinski definition) is 4. The number of pyridine rings is 2. The monoisotopic (exact) mass is 419 g/mol. The Balaban J connectivity index is 1.34. The molecular weight excluding hydrogens is 389 g/mol. The third kappa shape index (κ3) is 4.09. The summed E-state index contributed by atoms with van der Waals surface area (Å²) in [5, 5.41) is 1.22. The van der Waals surface area contributed by atoms with E-state index in [0.29, 0.717) is 0 Å². The Kier molecular flexibility index (Phi) is 5.49. The zero-order valence-corrected chi connectivity index (χ0v) is 18.2. The summed E-state index contributed by atoms with van der Waals surface area (Å²) < 4.78 is 19.2. The van der Waals surface area contributed by atoms with Crippen LogP contribution in [0.15, 0.2) is 54.9 Å². The van der Waals surface area contributed by atoms with Crippen molar-refractivity contribution < 1.29 is 9.13 Å². The summed E-state index contributed by atoms with van der Waals surface area (Å²) in [6.45, 7) is 5.67. The van der Waals surface area contributed by atoms with Crippen LogP contribution in [0, 0.1) is 11.2 Å². The second kappa shape index (κ2) is 8.29. The van der Waals surface area contributed by atoms with E-state index in [9.17, 15) is 4.39 Å². The Morgan fingerprint density at radius 1 is 1.06 bits per heavy atom. The largest absolute Gasteiger partial charge is 0.381 e. The molecule has 3 aromatic rings. The number of benzene rings is 1. The number of halogens is 1. The number of aryl methyl sites for hydroxylation is 1. The molecule has 0 amide bonds. The third-order valence-corrected chi connectivity index (χ3v) is 7.21. The molecule has 0 N–H and O–H groups in total. The van der Waals surface area contributed by atoms with E-state index in [2.05, 4.69) is 47.3 Å². The van der Waals surface area contributed by atoms with E-state index in [1.807, 2.05) is 6.07 Å². The summed E-state index contributed by atoms with van der Waals surface area (Å²) in [6.07, 6.45) is 8.77. The van der Waals surface area contributed by atoms with Crippen molar-refractivity contribution in [1.29, 1.82) is 0 Å². The molecule has 1 atom stereocenters. The Hall–Kier alpha value is -2.37. The second-order valence-electron chi connectivity index (χ2n) is 9.22. The number of fused-ring (bicyclic) bond motifs is 1. The van der Waals surface area contributed by atoms with Gasteiger partial charge >= 0.3 is 0 Å². The first-order chi connectivity index (χ1) is 15.1. The fourth-order valence-electron chi connectivity index (χ4n) is 5.19. The maximum atomic E-state index is 13.2. The lowest BCUT2D eigenvalue weighted by atomic mass is 9.82. The van der Waals surface area contributed by atoms with Crippen LogP contribution < -0.4 is 0 Å². The molecule has 5 heteroatoms. The SMILES string of the molecule is CCOC[C@]1(CCc2ccc(F)cn2)CCN(C2(c3cnc4ccccc4c3)CC2)C1. The fraction of sp³-hybridized carbons (Fsp3) is 0.462. The van der Waals surface area contributed by atoms with Crippen molar-refractivity contribution in [2.75, 3.05) is 26.3 Å². The van der Waals surface area contributed by atoms with Crippen molar-refractivity contribution in [3.05, 3.63) is 71.9 Å². The van der Waals surface area contributed by atoms with Crippen LogP contribution in [0.2, 0.25) is 0 Å². The Morgan fingerprint density at radius 3 is 2.71 bits per heavy atom. The van der Waals surface area contributed by atoms with Crippen molar-refractivity contribution >= 4 is 10.9 Å². The van der Waals surface area contributed by atoms with Gasteiger partial charge in [0.15, 0.2) is 0 Å². The number of para-hydroxylation sites is 1. The minimum atomic E-state index is -0.278. The van der Waals surface area contributed by atoms with Crippen molar-refractivity contribution in [3.8, 4) is 0 Å². The normalized spacial score (nSPS) is 22.8. The molecule has 2 fully saturated rings. The maximum Gasteiger partial charge on any atom is 0.141 e. The first-order valence-corrected chi connectivity index (χ1v) is 11.4. The molecule has 3 heterocycles. The molecule has 4 nitrogen and oxygen atoms in total. The average Bonchev–Trinajstić information content (AvgIpc) is 3.51. The predicted octanol–water partition coefficient (Wildman–Crippen LogP) is 5.12. The molecule has 0 spiro atoms. The maximum absolute atomic E-state index is 13.2. The van der Waals surface area contributed by atoms with Crippen LogP contribution in [0.4, 0.5) is 4.39 Å². The number of aromatic nitrogens is 2. The first kappa shape index (κ1) is 20.5. The lowest BCUT2D eigenvalue weighted by molar-refractivity contribution is 0.0442. The van der Waals surface area contributed by atoms with Gasteiger partial charge in [0.2, 0.25) is 0 Å². The van der Waals surface area contributed by atoms with Gasteiger partial charge in [-0.05, 0) is 75.4 Å². The van der Waals surface area contributed by atoms with E-state index in [1.165, 1.54) is 36.1 Å². The van der Waals surface area contributed by atoms with Crippen molar-refractivity contribution in [2.24, 2.45) is 5.41 Å². The molecule has 1 saturated carbocycles. The highest BCUT2D eigenvalue weighted by atomic mass is 19.1. The molecule has 31 heavy (non-hydrogen) atoms. The number of rotatable bonds is 8. The zero-order chi connectivity index (χ0) is 21.3. The summed E-state index contributed by atoms with van der Waals surface area (Å²) in [4.78, 5) is 11.7. The van der Waals surface area contributed by atoms with Crippen LogP contribution in [0.1, 0.15) is 43.9 Å². The smallest absolute Gasteiger partial charge is 0.141 e. The van der Waals surface area contributed by atoms with Crippen LogP contribution in [0.25, 0.3) is 10.9 Å². The molecular formula is C26H30FN3O. The van der Waals surface area contributed by atoms with E-state index in [4.69, 9.17) is 9.72 Å². The standard InChI is InChI=1S/C26H30FN3O/c1-2-31-19-25(10-9-23-8-7-22(27)17-28-23)13-14-30(18-25)26(11-12-26)21-15-20-5-3-4-6-24(20)29-16-21/h3-8,15-17H,2,9-14,18-19H2,1H3/t25-/m1/s1. The van der Waals surface area contributed by atoms with E-state index < -0.39 is 0 Å². The Bertz CT molecular complexity index is 1050. The Labute approximate surface area is 183 Å². The number of nitrogens with zero attached hydrogens (tertiary/aromatic N) is 3. The minimum Gasteiger partial charge on any atom is -0.381 e. The van der Waals surface area contributed by atoms with Crippen LogP contribution >= 0.6 is 0 Å². The molecule has 0 radical (unpaired) electrons. The van der Waals surface area contributed by atoms with Gasteiger partial charge in [0, 0.05) is 41.4 Å². The van der Waals surface area contributed by atoms with Crippen LogP contribution in [0.3, 0.4) is 0 Å². The van der Waals surface area contributed by atoms with E-state index in [1.54, 1.807) is 6.07 Å². The predicted molar refractivity (Wildman–Crippen MR) is 120 cm³/mol. The molecule has 2 aliphatic rings. The first-order valence-electron chi connectivity index (χ1n) is 11.4. The van der Waals surface area contributed by atoms with Gasteiger partial charge in [0.25, 0.3) is 0 Å². The van der Waals surface area contributed by atoms with E-state index >= 15 is 0 Å². The van der Waals surface area contributed by atoms with Crippen molar-refractivity contribution in [2.45, 2.75) is 44.6 Å². The van der Waals surface area contributed by atoms with Crippen LogP contribution in [-0.4, -0.2) is 41.2 Å². The number of ether oxygens (including phenoxy) is 1. The van der Waals surface area contributed by atoms with E-state index in [-0.39, 0.29) is 16.8 Å². The van der Waals surface area contributed by atoms with Gasteiger partial charge in [-0.25, -0.2) is 4.39 Å². The summed E-state index contributed by atoms with van der Waals surface area (Å²) in [5.41, 5.74) is 3.60. The zero-order valence-electron chi connectivity index (χ0n) is 18.2. The van der Waals surface area contributed by atoms with Gasteiger partial charge in [-0.1, -0.05) is 18.2 Å². The van der Waals surface area contributed by atoms with Crippen molar-refractivity contribution in [3.63, 3.8) is 0 Å². The summed E-state index contributed by atoms with van der Waals surface area (Å²) >= 11 is 0. The van der Waals surface area contributed by atoms with Gasteiger partial charge in [-0.3, -0.25) is 14.9 Å². The number of likely N-dealkylation sites (tertiary alicyclic amines) is 1. The molecule has 5 rings (SSSR count). The average molecular weight is 420 g/mol. The fourth-order valence-corrected chi connectivity index (χ4v) is 5.19. The molecule has 162 valence electrons. The molecule has 1 aromatic carbocycles. The molecule has 1 aliphatic heterocycles. The summed E-state index contributed by atoms with van der Waals surface area (Å²) in [7, 11) is 0. The van der Waals surface area contributed by atoms with Crippen LogP contribution in [0.5, 0.6) is 0 Å². The summed E-state index contributed by atoms with van der Waals surface area (Å²) in [5.74, 6) is -0.278. The molecule has 0 unspecified atom stereocenters. The van der Waals surface area contributed by atoms with Crippen molar-refractivity contribution in [1.82, 2.24) is 14.9 Å². The summed E-state index contributed by atoms with van der Waals surface area (Å²) in [6, 6.07) is 14.0. The third-order valence-electron chi connectivity index (χ3n) is 7.21. The van der Waals surface area contributed by atoms with Gasteiger partial charge in [0.1, 0.15) is 5.82 Å². The quantitative estimate of drug-likeness (QED) is 0.508. The van der Waals surface area contributed by atoms with Gasteiger partial charge in [-0.2, -0.15) is 0 Å². The topological polar surface area (TPSA) is 38.2 Å². The van der Waals surface area contributed by atoms with Gasteiger partial charge in [0.05, 0.1) is 18.3 Å². The highest BCUT2D eigenvalue weighted by Crippen LogP contribution is 2.55. The molecule has 2 aromatic heterocycles. The molecule has 1 aliphatic carbocycles. The van der Waals surface area contributed by atoms with E-state index in [0.717, 1.165) is 56.8 Å². The lowest BCUT2D eigenvalue weighted by Gasteiger charge is -2.33. The van der Waals surface area contributed by atoms with Gasteiger partial charge < -0.3 is 4.74 Å². The minimum absolute atomic E-state index is 0.117. The Morgan fingerprint density at radius 2 is 1.94 bits per heavy atom. The highest BCUT2D eigenvalue weighted by Gasteiger charge is 2.54. The lowest BCUT2D eigenvalue weighted by Crippen LogP contribution is -2.38. The second-order valence-corrected chi connectivity index (χ2v) is 9.22. The number of hydrogen-bond donors (Lipinski definition) is 0. The van der Waals surface area contributed by atoms with Crippen LogP contribution in [-0.2, 0) is 16.7 Å².